The highest BCUT2D eigenvalue weighted by molar-refractivity contribution is 5.91. The van der Waals surface area contributed by atoms with Crippen molar-refractivity contribution in [3.05, 3.63) is 60.6 Å². The van der Waals surface area contributed by atoms with E-state index >= 15 is 0 Å². The van der Waals surface area contributed by atoms with Crippen molar-refractivity contribution in [3.8, 4) is 11.3 Å². The molecule has 7 nitrogen and oxygen atoms in total. The van der Waals surface area contributed by atoms with E-state index in [4.69, 9.17) is 9.15 Å². The van der Waals surface area contributed by atoms with Crippen LogP contribution in [0.25, 0.3) is 11.3 Å². The predicted molar refractivity (Wildman–Crippen MR) is 88.6 cm³/mol. The first-order chi connectivity index (χ1) is 12.2. The number of aryl methyl sites for hydroxylation is 1. The Morgan fingerprint density at radius 2 is 1.92 bits per heavy atom. The summed E-state index contributed by atoms with van der Waals surface area (Å²) in [5.41, 5.74) is 0.973. The number of rotatable bonds is 7. The number of furan rings is 1. The molecule has 0 unspecified atom stereocenters. The Bertz CT molecular complexity index is 824. The van der Waals surface area contributed by atoms with Crippen LogP contribution >= 0.6 is 0 Å². The predicted octanol–water partition coefficient (Wildman–Crippen LogP) is 3.05. The molecule has 1 N–H and O–H groups in total. The number of hydrogen-bond donors (Lipinski definition) is 1. The molecule has 3 aromatic rings. The summed E-state index contributed by atoms with van der Waals surface area (Å²) in [6, 6.07) is 14.9. The third-order valence-corrected chi connectivity index (χ3v) is 3.37. The average Bonchev–Trinajstić information content (AvgIpc) is 3.31. The molecular formula is C18H16N2O5. The van der Waals surface area contributed by atoms with Gasteiger partial charge in [0.05, 0.1) is 6.42 Å². The number of esters is 1. The minimum atomic E-state index is -0.480. The van der Waals surface area contributed by atoms with Gasteiger partial charge in [-0.1, -0.05) is 35.5 Å². The summed E-state index contributed by atoms with van der Waals surface area (Å²) in [6.07, 6.45) is 1.85. The van der Waals surface area contributed by atoms with Gasteiger partial charge in [0.1, 0.15) is 17.8 Å². The third-order valence-electron chi connectivity index (χ3n) is 3.37. The molecule has 0 radical (unpaired) electrons. The van der Waals surface area contributed by atoms with Gasteiger partial charge in [-0.2, -0.15) is 0 Å². The van der Waals surface area contributed by atoms with Crippen molar-refractivity contribution in [1.29, 1.82) is 0 Å². The van der Waals surface area contributed by atoms with Crippen LogP contribution in [0.5, 0.6) is 0 Å². The summed E-state index contributed by atoms with van der Waals surface area (Å²) < 4.78 is 15.2. The molecule has 2 aromatic heterocycles. The summed E-state index contributed by atoms with van der Waals surface area (Å²) in [5, 5.41) is 5.96. The van der Waals surface area contributed by atoms with Crippen molar-refractivity contribution < 1.29 is 23.3 Å². The van der Waals surface area contributed by atoms with Crippen LogP contribution in [0.3, 0.4) is 0 Å². The molecule has 0 saturated carbocycles. The van der Waals surface area contributed by atoms with Crippen molar-refractivity contribution in [2.45, 2.75) is 12.8 Å². The summed E-state index contributed by atoms with van der Waals surface area (Å²) in [4.78, 5) is 23.3. The molecule has 0 spiro atoms. The lowest BCUT2D eigenvalue weighted by Gasteiger charge is -2.04. The second kappa shape index (κ2) is 7.96. The number of ether oxygens (including phenoxy) is 1. The van der Waals surface area contributed by atoms with E-state index in [-0.39, 0.29) is 18.8 Å². The molecule has 1 aromatic carbocycles. The summed E-state index contributed by atoms with van der Waals surface area (Å²) in [7, 11) is 0. The molecule has 0 saturated heterocycles. The van der Waals surface area contributed by atoms with Gasteiger partial charge in [-0.3, -0.25) is 9.59 Å². The second-order valence-electron chi connectivity index (χ2n) is 5.23. The number of nitrogens with zero attached hydrogens (tertiary/aromatic N) is 1. The lowest BCUT2D eigenvalue weighted by Crippen LogP contribution is -2.21. The van der Waals surface area contributed by atoms with Crippen molar-refractivity contribution in [1.82, 2.24) is 5.16 Å². The normalized spacial score (nSPS) is 10.4. The topological polar surface area (TPSA) is 94.6 Å². The lowest BCUT2D eigenvalue weighted by atomic mass is 10.2. The van der Waals surface area contributed by atoms with Crippen molar-refractivity contribution in [2.24, 2.45) is 0 Å². The summed E-state index contributed by atoms with van der Waals surface area (Å²) in [5.74, 6) is 0.739. The molecule has 0 aliphatic heterocycles. The van der Waals surface area contributed by atoms with Gasteiger partial charge in [0.25, 0.3) is 5.91 Å². The van der Waals surface area contributed by atoms with E-state index in [1.165, 1.54) is 12.3 Å². The highest BCUT2D eigenvalue weighted by Crippen LogP contribution is 2.22. The van der Waals surface area contributed by atoms with E-state index in [1.54, 1.807) is 0 Å². The maximum atomic E-state index is 11.7. The number of hydrogen-bond acceptors (Lipinski definition) is 6. The number of nitrogens with one attached hydrogen (secondary N) is 1. The summed E-state index contributed by atoms with van der Waals surface area (Å²) in [6.45, 7) is -0.376. The zero-order valence-electron chi connectivity index (χ0n) is 13.3. The maximum Gasteiger partial charge on any atom is 0.306 e. The van der Waals surface area contributed by atoms with E-state index in [1.807, 2.05) is 42.5 Å². The number of carbonyl (C=O) groups excluding carboxylic acids is 2. The molecule has 0 aliphatic rings. The molecule has 0 fully saturated rings. The van der Waals surface area contributed by atoms with Crippen molar-refractivity contribution in [3.63, 3.8) is 0 Å². The van der Waals surface area contributed by atoms with Crippen LogP contribution in [-0.4, -0.2) is 23.6 Å². The molecule has 2 heterocycles. The number of benzene rings is 1. The fourth-order valence-corrected chi connectivity index (χ4v) is 2.17. The van der Waals surface area contributed by atoms with Gasteiger partial charge in [0, 0.05) is 18.1 Å². The number of carbonyl (C=O) groups is 2. The average molecular weight is 340 g/mol. The molecule has 3 rings (SSSR count). The van der Waals surface area contributed by atoms with E-state index in [2.05, 4.69) is 15.0 Å². The van der Waals surface area contributed by atoms with E-state index in [0.29, 0.717) is 12.2 Å². The Morgan fingerprint density at radius 1 is 1.08 bits per heavy atom. The Hall–Kier alpha value is -3.35. The standard InChI is InChI=1S/C18H16N2O5/c21-17(19-16-10-11-24-20-16)12-23-18(22)9-7-14-6-8-15(25-14)13-4-2-1-3-5-13/h1-6,8,10-11H,7,9,12H2,(H,19,20,21). The minimum absolute atomic E-state index is 0.124. The van der Waals surface area contributed by atoms with Crippen LogP contribution < -0.4 is 5.32 Å². The van der Waals surface area contributed by atoms with Gasteiger partial charge in [0.15, 0.2) is 12.4 Å². The van der Waals surface area contributed by atoms with Crippen LogP contribution in [0.1, 0.15) is 12.2 Å². The van der Waals surface area contributed by atoms with Crippen molar-refractivity contribution in [2.75, 3.05) is 11.9 Å². The van der Waals surface area contributed by atoms with Crippen LogP contribution in [0.15, 0.2) is 63.7 Å². The van der Waals surface area contributed by atoms with Crippen molar-refractivity contribution >= 4 is 17.7 Å². The molecule has 128 valence electrons. The van der Waals surface area contributed by atoms with Crippen LogP contribution in [-0.2, 0) is 20.7 Å². The Kier molecular flexibility index (Phi) is 5.26. The Morgan fingerprint density at radius 3 is 2.68 bits per heavy atom. The molecule has 25 heavy (non-hydrogen) atoms. The van der Waals surface area contributed by atoms with Gasteiger partial charge in [-0.15, -0.1) is 0 Å². The molecule has 0 bridgehead atoms. The quantitative estimate of drug-likeness (QED) is 0.664. The Labute approximate surface area is 143 Å². The minimum Gasteiger partial charge on any atom is -0.461 e. The highest BCUT2D eigenvalue weighted by atomic mass is 16.5. The van der Waals surface area contributed by atoms with Gasteiger partial charge < -0.3 is 19.0 Å². The smallest absolute Gasteiger partial charge is 0.306 e. The van der Waals surface area contributed by atoms with Crippen LogP contribution in [0.4, 0.5) is 5.82 Å². The number of anilines is 1. The highest BCUT2D eigenvalue weighted by Gasteiger charge is 2.11. The molecule has 7 heteroatoms. The van der Waals surface area contributed by atoms with Crippen LogP contribution in [0, 0.1) is 0 Å². The fraction of sp³-hybridized carbons (Fsp3) is 0.167. The molecule has 1 amide bonds. The van der Waals surface area contributed by atoms with Gasteiger partial charge >= 0.3 is 5.97 Å². The van der Waals surface area contributed by atoms with E-state index in [0.717, 1.165) is 11.3 Å². The number of amides is 1. The van der Waals surface area contributed by atoms with Crippen LogP contribution in [0.2, 0.25) is 0 Å². The monoisotopic (exact) mass is 340 g/mol. The second-order valence-corrected chi connectivity index (χ2v) is 5.23. The molecule has 0 aliphatic carbocycles. The third kappa shape index (κ3) is 4.81. The van der Waals surface area contributed by atoms with Gasteiger partial charge in [-0.05, 0) is 12.1 Å². The Balaban J connectivity index is 1.42. The first-order valence-electron chi connectivity index (χ1n) is 7.71. The zero-order chi connectivity index (χ0) is 17.5. The largest absolute Gasteiger partial charge is 0.461 e. The van der Waals surface area contributed by atoms with Gasteiger partial charge in [-0.25, -0.2) is 0 Å². The number of aromatic nitrogens is 1. The maximum absolute atomic E-state index is 11.7. The zero-order valence-corrected chi connectivity index (χ0v) is 13.3. The van der Waals surface area contributed by atoms with E-state index in [9.17, 15) is 9.59 Å². The lowest BCUT2D eigenvalue weighted by molar-refractivity contribution is -0.147. The SMILES string of the molecule is O=C(COC(=O)CCc1ccc(-c2ccccc2)o1)Nc1ccon1. The summed E-state index contributed by atoms with van der Waals surface area (Å²) >= 11 is 0. The van der Waals surface area contributed by atoms with Gasteiger partial charge in [0.2, 0.25) is 0 Å². The first-order valence-corrected chi connectivity index (χ1v) is 7.71. The molecule has 0 atom stereocenters. The van der Waals surface area contributed by atoms with E-state index < -0.39 is 11.9 Å². The fourth-order valence-electron chi connectivity index (χ4n) is 2.17. The first kappa shape index (κ1) is 16.5. The molecular weight excluding hydrogens is 324 g/mol.